The summed E-state index contributed by atoms with van der Waals surface area (Å²) in [6, 6.07) is 10.3. The second-order valence-electron chi connectivity index (χ2n) is 7.12. The van der Waals surface area contributed by atoms with Crippen molar-refractivity contribution in [1.29, 1.82) is 0 Å². The minimum Gasteiger partial charge on any atom is -0.370 e. The van der Waals surface area contributed by atoms with Gasteiger partial charge < -0.3 is 14.8 Å². The number of carbonyl (C=O) groups is 1. The number of likely N-dealkylation sites (tertiary alicyclic amines) is 1. The third kappa shape index (κ3) is 3.49. The fourth-order valence-electron chi connectivity index (χ4n) is 4.11. The number of anilines is 1. The molecule has 1 fully saturated rings. The Morgan fingerprint density at radius 1 is 1.23 bits per heavy atom. The summed E-state index contributed by atoms with van der Waals surface area (Å²) in [4.78, 5) is 34.9. The van der Waals surface area contributed by atoms with E-state index in [2.05, 4.69) is 39.1 Å². The van der Waals surface area contributed by atoms with Gasteiger partial charge >= 0.3 is 5.69 Å². The zero-order valence-corrected chi connectivity index (χ0v) is 14.9. The van der Waals surface area contributed by atoms with Crippen molar-refractivity contribution in [3.63, 3.8) is 0 Å². The molecule has 1 aromatic carbocycles. The van der Waals surface area contributed by atoms with Crippen LogP contribution in [0.15, 0.2) is 41.3 Å². The summed E-state index contributed by atoms with van der Waals surface area (Å²) in [5.74, 6) is 0.395. The maximum absolute atomic E-state index is 12.7. The molecule has 6 nitrogen and oxygen atoms in total. The van der Waals surface area contributed by atoms with E-state index in [1.807, 2.05) is 11.0 Å². The van der Waals surface area contributed by atoms with E-state index in [-0.39, 0.29) is 17.5 Å². The van der Waals surface area contributed by atoms with Crippen LogP contribution >= 0.6 is 0 Å². The number of aromatic amines is 1. The van der Waals surface area contributed by atoms with Crippen molar-refractivity contribution in [3.8, 4) is 0 Å². The van der Waals surface area contributed by atoms with Gasteiger partial charge in [-0.15, -0.1) is 0 Å². The number of hydrogen-bond donors (Lipinski definition) is 1. The zero-order chi connectivity index (χ0) is 17.9. The zero-order valence-electron chi connectivity index (χ0n) is 14.9. The van der Waals surface area contributed by atoms with Gasteiger partial charge in [-0.3, -0.25) is 4.79 Å². The van der Waals surface area contributed by atoms with E-state index < -0.39 is 0 Å². The quantitative estimate of drug-likeness (QED) is 0.913. The van der Waals surface area contributed by atoms with Gasteiger partial charge in [0.05, 0.1) is 0 Å². The molecule has 0 aliphatic carbocycles. The Morgan fingerprint density at radius 2 is 2.12 bits per heavy atom. The average molecular weight is 352 g/mol. The van der Waals surface area contributed by atoms with E-state index in [1.54, 1.807) is 6.20 Å². The molecule has 6 heteroatoms. The molecule has 0 saturated carbocycles. The number of aromatic nitrogens is 2. The summed E-state index contributed by atoms with van der Waals surface area (Å²) in [5, 5.41) is 0. The lowest BCUT2D eigenvalue weighted by Crippen LogP contribution is -2.41. The fraction of sp³-hybridized carbons (Fsp3) is 0.450. The van der Waals surface area contributed by atoms with Gasteiger partial charge in [0.25, 0.3) is 0 Å². The lowest BCUT2D eigenvalue weighted by molar-refractivity contribution is -0.132. The maximum Gasteiger partial charge on any atom is 0.345 e. The molecule has 26 heavy (non-hydrogen) atoms. The van der Waals surface area contributed by atoms with Gasteiger partial charge in [-0.1, -0.05) is 18.2 Å². The third-order valence-electron chi connectivity index (χ3n) is 5.49. The Balaban J connectivity index is 1.35. The van der Waals surface area contributed by atoms with Crippen LogP contribution in [0, 0.1) is 0 Å². The number of hydrogen-bond acceptors (Lipinski definition) is 4. The lowest BCUT2D eigenvalue weighted by atomic mass is 9.94. The summed E-state index contributed by atoms with van der Waals surface area (Å²) >= 11 is 0. The first-order valence-corrected chi connectivity index (χ1v) is 9.36. The van der Waals surface area contributed by atoms with Gasteiger partial charge in [-0.05, 0) is 37.0 Å². The van der Waals surface area contributed by atoms with Crippen molar-refractivity contribution < 1.29 is 4.79 Å². The molecule has 0 spiro atoms. The number of para-hydroxylation sites is 1. The molecule has 4 rings (SSSR count). The average Bonchev–Trinajstić information content (AvgIpc) is 3.09. The summed E-state index contributed by atoms with van der Waals surface area (Å²) < 4.78 is 0. The summed E-state index contributed by atoms with van der Waals surface area (Å²) in [7, 11) is 0. The smallest absolute Gasteiger partial charge is 0.345 e. The molecule has 1 saturated heterocycles. The van der Waals surface area contributed by atoms with Gasteiger partial charge in [0, 0.05) is 56.1 Å². The highest BCUT2D eigenvalue weighted by Gasteiger charge is 2.26. The Bertz CT molecular complexity index is 847. The van der Waals surface area contributed by atoms with Crippen LogP contribution in [0.25, 0.3) is 0 Å². The normalized spacial score (nSPS) is 19.5. The highest BCUT2D eigenvalue weighted by Crippen LogP contribution is 2.28. The second-order valence-corrected chi connectivity index (χ2v) is 7.12. The molecular formula is C20H24N4O2. The number of amides is 1. The van der Waals surface area contributed by atoms with E-state index in [4.69, 9.17) is 0 Å². The fourth-order valence-corrected chi connectivity index (χ4v) is 4.11. The predicted octanol–water partition coefficient (Wildman–Crippen LogP) is 1.93. The van der Waals surface area contributed by atoms with E-state index >= 15 is 0 Å². The van der Waals surface area contributed by atoms with Crippen molar-refractivity contribution in [2.75, 3.05) is 31.1 Å². The third-order valence-corrected chi connectivity index (χ3v) is 5.49. The molecule has 0 unspecified atom stereocenters. The first kappa shape index (κ1) is 16.8. The molecule has 0 radical (unpaired) electrons. The van der Waals surface area contributed by atoms with Crippen LogP contribution in [-0.4, -0.2) is 47.0 Å². The van der Waals surface area contributed by atoms with E-state index in [0.29, 0.717) is 13.0 Å². The van der Waals surface area contributed by atoms with Gasteiger partial charge in [-0.25, -0.2) is 9.78 Å². The lowest BCUT2D eigenvalue weighted by Gasteiger charge is -2.33. The molecule has 136 valence electrons. The Hall–Kier alpha value is -2.63. The standard InChI is InChI=1S/C20H24N4O2/c25-19(9-13-23-12-8-15-4-1-2-6-18(15)23)24-11-3-5-16(14-24)17-7-10-21-20(26)22-17/h1-2,4,6-7,10,16H,3,5,8-9,11-14H2,(H,21,22,26)/t16-/m1/s1. The van der Waals surface area contributed by atoms with Crippen LogP contribution < -0.4 is 10.6 Å². The summed E-state index contributed by atoms with van der Waals surface area (Å²) in [6.45, 7) is 3.24. The van der Waals surface area contributed by atoms with Crippen molar-refractivity contribution in [2.24, 2.45) is 0 Å². The highest BCUT2D eigenvalue weighted by molar-refractivity contribution is 5.77. The Morgan fingerprint density at radius 3 is 3.00 bits per heavy atom. The predicted molar refractivity (Wildman–Crippen MR) is 100 cm³/mol. The van der Waals surface area contributed by atoms with Crippen molar-refractivity contribution in [2.45, 2.75) is 31.6 Å². The van der Waals surface area contributed by atoms with Gasteiger partial charge in [0.15, 0.2) is 0 Å². The van der Waals surface area contributed by atoms with Crippen molar-refractivity contribution in [3.05, 3.63) is 58.3 Å². The highest BCUT2D eigenvalue weighted by atomic mass is 16.2. The number of nitrogens with zero attached hydrogens (tertiary/aromatic N) is 3. The minimum absolute atomic E-state index is 0.191. The monoisotopic (exact) mass is 352 g/mol. The van der Waals surface area contributed by atoms with Crippen LogP contribution in [-0.2, 0) is 11.2 Å². The van der Waals surface area contributed by atoms with E-state index in [0.717, 1.165) is 44.6 Å². The van der Waals surface area contributed by atoms with Crippen LogP contribution in [0.3, 0.4) is 0 Å². The largest absolute Gasteiger partial charge is 0.370 e. The van der Waals surface area contributed by atoms with E-state index in [9.17, 15) is 9.59 Å². The van der Waals surface area contributed by atoms with Crippen LogP contribution in [0.5, 0.6) is 0 Å². The molecule has 1 aromatic heterocycles. The number of carbonyl (C=O) groups excluding carboxylic acids is 1. The van der Waals surface area contributed by atoms with Crippen molar-refractivity contribution in [1.82, 2.24) is 14.9 Å². The maximum atomic E-state index is 12.7. The topological polar surface area (TPSA) is 69.3 Å². The summed E-state index contributed by atoms with van der Waals surface area (Å²) in [6.07, 6.45) is 5.09. The van der Waals surface area contributed by atoms with E-state index in [1.165, 1.54) is 11.3 Å². The molecule has 2 aliphatic rings. The minimum atomic E-state index is -0.321. The Labute approximate surface area is 152 Å². The molecule has 1 atom stereocenters. The molecule has 2 aliphatic heterocycles. The van der Waals surface area contributed by atoms with Gasteiger partial charge in [-0.2, -0.15) is 0 Å². The first-order valence-electron chi connectivity index (χ1n) is 9.36. The van der Waals surface area contributed by atoms with Crippen molar-refractivity contribution >= 4 is 11.6 Å². The molecule has 2 aromatic rings. The van der Waals surface area contributed by atoms with Gasteiger partial charge in [0.1, 0.15) is 0 Å². The molecule has 1 N–H and O–H groups in total. The SMILES string of the molecule is O=C(CCN1CCc2ccccc21)N1CCC[C@@H](c2ccnc(=O)[nH]2)C1. The van der Waals surface area contributed by atoms with Crippen LogP contribution in [0.2, 0.25) is 0 Å². The van der Waals surface area contributed by atoms with Crippen LogP contribution in [0.4, 0.5) is 5.69 Å². The number of nitrogens with one attached hydrogen (secondary N) is 1. The molecular weight excluding hydrogens is 328 g/mol. The number of piperidine rings is 1. The molecule has 0 bridgehead atoms. The number of benzene rings is 1. The van der Waals surface area contributed by atoms with Crippen LogP contribution in [0.1, 0.15) is 36.4 Å². The molecule has 3 heterocycles. The first-order chi connectivity index (χ1) is 12.7. The Kier molecular flexibility index (Phi) is 4.73. The summed E-state index contributed by atoms with van der Waals surface area (Å²) in [5.41, 5.74) is 3.21. The molecule has 1 amide bonds. The number of rotatable bonds is 4. The second kappa shape index (κ2) is 7.32. The number of H-pyrrole nitrogens is 1. The van der Waals surface area contributed by atoms with Gasteiger partial charge in [0.2, 0.25) is 5.91 Å². The number of fused-ring (bicyclic) bond motifs is 1.